The molecule has 2 heterocycles. The molecule has 5 rings (SSSR count). The van der Waals surface area contributed by atoms with Crippen LogP contribution in [-0.2, 0) is 28.2 Å². The fraction of sp³-hybridized carbons (Fsp3) is 0.595. The fourth-order valence-electron chi connectivity index (χ4n) is 8.20. The summed E-state index contributed by atoms with van der Waals surface area (Å²) < 4.78 is 2.69. The van der Waals surface area contributed by atoms with Gasteiger partial charge in [0, 0.05) is 24.8 Å². The van der Waals surface area contributed by atoms with Crippen molar-refractivity contribution in [1.29, 1.82) is 0 Å². The van der Waals surface area contributed by atoms with Crippen LogP contribution in [0, 0.1) is 12.3 Å². The summed E-state index contributed by atoms with van der Waals surface area (Å²) >= 11 is 0. The van der Waals surface area contributed by atoms with Crippen LogP contribution in [0.15, 0.2) is 36.5 Å². The molecule has 0 N–H and O–H groups in total. The highest BCUT2D eigenvalue weighted by Gasteiger charge is 2.60. The molecule has 0 fully saturated rings. The van der Waals surface area contributed by atoms with Gasteiger partial charge in [0.2, 0.25) is 5.69 Å². The summed E-state index contributed by atoms with van der Waals surface area (Å²) in [5.41, 5.74) is 10.8. The van der Waals surface area contributed by atoms with Gasteiger partial charge in [-0.05, 0) is 88.6 Å². The van der Waals surface area contributed by atoms with Crippen LogP contribution in [-0.4, -0.2) is 0 Å². The lowest BCUT2D eigenvalue weighted by Crippen LogP contribution is -2.67. The van der Waals surface area contributed by atoms with Gasteiger partial charge in [0.1, 0.15) is 0 Å². The lowest BCUT2D eigenvalue weighted by molar-refractivity contribution is -0.764. The zero-order chi connectivity index (χ0) is 28.1. The molecule has 2 unspecified atom stereocenters. The Morgan fingerprint density at radius 3 is 1.92 bits per heavy atom. The minimum Gasteiger partial charge on any atom is -0.192 e. The largest absolute Gasteiger partial charge is 0.213 e. The van der Waals surface area contributed by atoms with Crippen LogP contribution in [0.3, 0.4) is 0 Å². The van der Waals surface area contributed by atoms with Crippen molar-refractivity contribution < 1.29 is 4.57 Å². The Bertz CT molecular complexity index is 1440. The van der Waals surface area contributed by atoms with E-state index in [-0.39, 0.29) is 27.2 Å². The van der Waals surface area contributed by atoms with E-state index >= 15 is 0 Å². The van der Waals surface area contributed by atoms with Gasteiger partial charge in [-0.25, -0.2) is 0 Å². The average Bonchev–Trinajstić information content (AvgIpc) is 2.98. The monoisotopic (exact) mass is 510 g/mol. The van der Waals surface area contributed by atoms with E-state index in [9.17, 15) is 0 Å². The predicted octanol–water partition coefficient (Wildman–Crippen LogP) is 9.85. The van der Waals surface area contributed by atoms with Gasteiger partial charge in [0.25, 0.3) is 0 Å². The lowest BCUT2D eigenvalue weighted by Gasteiger charge is -2.46. The normalized spacial score (nSPS) is 26.2. The second-order valence-corrected chi connectivity index (χ2v) is 14.7. The van der Waals surface area contributed by atoms with E-state index in [0.29, 0.717) is 0 Å². The molecule has 0 saturated carbocycles. The van der Waals surface area contributed by atoms with Crippen LogP contribution in [0.1, 0.15) is 130 Å². The Kier molecular flexibility index (Phi) is 6.08. The first-order valence-electron chi connectivity index (χ1n) is 15.3. The summed E-state index contributed by atoms with van der Waals surface area (Å²) in [6.07, 6.45) is 8.39. The van der Waals surface area contributed by atoms with Crippen LogP contribution in [0.5, 0.6) is 0 Å². The smallest absolute Gasteiger partial charge is 0.192 e. The van der Waals surface area contributed by atoms with Gasteiger partial charge < -0.3 is 0 Å². The maximum Gasteiger partial charge on any atom is 0.213 e. The first-order chi connectivity index (χ1) is 17.6. The number of nitrogens with zero attached hydrogens (tertiary/aromatic N) is 1. The molecule has 1 aromatic heterocycles. The Morgan fingerprint density at radius 2 is 1.34 bits per heavy atom. The fourth-order valence-corrected chi connectivity index (χ4v) is 8.20. The van der Waals surface area contributed by atoms with Crippen molar-refractivity contribution in [1.82, 2.24) is 0 Å². The van der Waals surface area contributed by atoms with E-state index in [1.807, 2.05) is 0 Å². The van der Waals surface area contributed by atoms with Crippen LogP contribution in [0.4, 0.5) is 0 Å². The number of aromatic nitrogens is 1. The number of aryl methyl sites for hydroxylation is 2. The molecule has 0 radical (unpaired) electrons. The van der Waals surface area contributed by atoms with Crippen molar-refractivity contribution in [3.8, 4) is 11.3 Å². The lowest BCUT2D eigenvalue weighted by atomic mass is 9.59. The van der Waals surface area contributed by atoms with E-state index in [2.05, 4.69) is 124 Å². The molecule has 1 aliphatic carbocycles. The van der Waals surface area contributed by atoms with Gasteiger partial charge in [-0.15, -0.1) is 0 Å². The molecule has 2 atom stereocenters. The molecule has 0 saturated heterocycles. The van der Waals surface area contributed by atoms with Crippen molar-refractivity contribution in [3.63, 3.8) is 0 Å². The van der Waals surface area contributed by atoms with Crippen molar-refractivity contribution >= 4 is 10.8 Å². The molecule has 204 valence electrons. The maximum absolute atomic E-state index is 2.69. The summed E-state index contributed by atoms with van der Waals surface area (Å²) in [4.78, 5) is 0. The zero-order valence-electron chi connectivity index (χ0n) is 26.4. The molecule has 1 aliphatic heterocycles. The van der Waals surface area contributed by atoms with Gasteiger partial charge in [0.15, 0.2) is 11.7 Å². The van der Waals surface area contributed by atoms with Gasteiger partial charge in [0.05, 0.1) is 11.0 Å². The van der Waals surface area contributed by atoms with Gasteiger partial charge in [-0.1, -0.05) is 86.9 Å². The number of rotatable bonds is 5. The highest BCUT2D eigenvalue weighted by Crippen LogP contribution is 2.63. The number of benzene rings is 2. The van der Waals surface area contributed by atoms with Crippen molar-refractivity contribution in [2.45, 2.75) is 137 Å². The predicted molar refractivity (Wildman–Crippen MR) is 164 cm³/mol. The van der Waals surface area contributed by atoms with Crippen LogP contribution in [0.25, 0.3) is 22.0 Å². The molecule has 2 aromatic carbocycles. The maximum atomic E-state index is 2.69. The third kappa shape index (κ3) is 3.20. The van der Waals surface area contributed by atoms with Crippen molar-refractivity contribution in [2.75, 3.05) is 0 Å². The molecular weight excluding hydrogens is 458 g/mol. The van der Waals surface area contributed by atoms with E-state index < -0.39 is 0 Å². The van der Waals surface area contributed by atoms with E-state index in [1.54, 1.807) is 16.7 Å². The highest BCUT2D eigenvalue weighted by molar-refractivity contribution is 5.88. The molecule has 2 aliphatic rings. The molecule has 1 heteroatoms. The molecular formula is C37H52N+. The summed E-state index contributed by atoms with van der Waals surface area (Å²) in [5, 5.41) is 2.80. The summed E-state index contributed by atoms with van der Waals surface area (Å²) in [7, 11) is 0. The van der Waals surface area contributed by atoms with Gasteiger partial charge in [-0.3, -0.25) is 0 Å². The number of fused-ring (bicyclic) bond motifs is 5. The van der Waals surface area contributed by atoms with E-state index in [1.165, 1.54) is 52.4 Å². The van der Waals surface area contributed by atoms with Crippen LogP contribution >= 0.6 is 0 Å². The van der Waals surface area contributed by atoms with Crippen LogP contribution < -0.4 is 4.57 Å². The molecule has 1 nitrogen and oxygen atoms in total. The number of hydrogen-bond acceptors (Lipinski definition) is 0. The number of hydrogen-bond donors (Lipinski definition) is 0. The van der Waals surface area contributed by atoms with Crippen molar-refractivity contribution in [3.05, 3.63) is 64.3 Å². The summed E-state index contributed by atoms with van der Waals surface area (Å²) in [6.45, 7) is 29.3. The van der Waals surface area contributed by atoms with Gasteiger partial charge >= 0.3 is 0 Å². The third-order valence-corrected chi connectivity index (χ3v) is 12.7. The van der Waals surface area contributed by atoms with E-state index in [0.717, 1.165) is 12.8 Å². The minimum atomic E-state index is -0.00633. The van der Waals surface area contributed by atoms with E-state index in [4.69, 9.17) is 0 Å². The number of unbranched alkanes of at least 4 members (excludes halogenated alkanes) is 1. The third-order valence-electron chi connectivity index (χ3n) is 12.7. The zero-order valence-corrected chi connectivity index (χ0v) is 26.4. The van der Waals surface area contributed by atoms with Crippen LogP contribution in [0.2, 0.25) is 0 Å². The first-order valence-corrected chi connectivity index (χ1v) is 15.3. The molecule has 38 heavy (non-hydrogen) atoms. The Labute approximate surface area is 233 Å². The highest BCUT2D eigenvalue weighted by atomic mass is 15.1. The Hall–Kier alpha value is -2.15. The molecule has 0 spiro atoms. The Balaban J connectivity index is 1.89. The topological polar surface area (TPSA) is 3.88 Å². The quantitative estimate of drug-likeness (QED) is 0.301. The SMILES string of the molecule is CCCCc1cc(C)c2c[n+]3c(cc2c1)-c1cc2c(cc1C(C)(CC)C3(C)CC)C(C)(C)C(C)(C)C2(C)C. The second-order valence-electron chi connectivity index (χ2n) is 14.7. The summed E-state index contributed by atoms with van der Waals surface area (Å²) in [6, 6.07) is 12.7. The van der Waals surface area contributed by atoms with Crippen molar-refractivity contribution in [2.24, 2.45) is 5.41 Å². The second kappa shape index (κ2) is 8.42. The Morgan fingerprint density at radius 1 is 0.711 bits per heavy atom. The summed E-state index contributed by atoms with van der Waals surface area (Å²) in [5.74, 6) is 0. The molecule has 0 amide bonds. The average molecular weight is 511 g/mol. The van der Waals surface area contributed by atoms with Gasteiger partial charge in [-0.2, -0.15) is 4.57 Å². The first kappa shape index (κ1) is 27.4. The molecule has 0 bridgehead atoms. The number of pyridine rings is 1. The standard InChI is InChI=1S/C37H52N/c1-13-16-17-25-18-24(4)28-23-38-32(20-26(28)19-25)27-21-30-31(34(7,8)35(9,10)33(30,5)6)22-29(27)36(11,14-2)37(38,12)15-3/h18-23H,13-17H2,1-12H3/q+1. The molecule has 3 aromatic rings. The minimum absolute atomic E-state index is 0.00633.